The first-order chi connectivity index (χ1) is 8.22. The van der Waals surface area contributed by atoms with E-state index in [1.54, 1.807) is 27.7 Å². The number of hydrogen-bond acceptors (Lipinski definition) is 4. The molecule has 0 saturated carbocycles. The second-order valence-electron chi connectivity index (χ2n) is 2.56. The number of carbonyl (C=O) groups is 3. The van der Waals surface area contributed by atoms with Gasteiger partial charge in [0.1, 0.15) is 0 Å². The summed E-state index contributed by atoms with van der Waals surface area (Å²) in [7, 11) is 0. The van der Waals surface area contributed by atoms with Gasteiger partial charge in [-0.1, -0.05) is 20.8 Å². The van der Waals surface area contributed by atoms with Crippen molar-refractivity contribution in [2.75, 3.05) is 6.61 Å². The molecule has 8 heteroatoms. The normalized spacial score (nSPS) is 6.79. The molecule has 0 spiro atoms. The fourth-order valence-corrected chi connectivity index (χ4v) is 0. The molecule has 19 heavy (non-hydrogen) atoms. The molecule has 0 aromatic carbocycles. The van der Waals surface area contributed by atoms with Gasteiger partial charge in [0.2, 0.25) is 0 Å². The minimum absolute atomic E-state index is 0. The third kappa shape index (κ3) is 145. The van der Waals surface area contributed by atoms with Crippen molar-refractivity contribution in [2.45, 2.75) is 47.0 Å². The molecule has 0 bridgehead atoms. The van der Waals surface area contributed by atoms with Crippen molar-refractivity contribution in [2.24, 2.45) is 0 Å². The van der Waals surface area contributed by atoms with Crippen molar-refractivity contribution in [1.29, 1.82) is 0 Å². The molecule has 0 saturated heterocycles. The summed E-state index contributed by atoms with van der Waals surface area (Å²) in [5, 5.41) is 30.7. The minimum atomic E-state index is -0.745. The van der Waals surface area contributed by atoms with Gasteiger partial charge in [-0.15, -0.1) is 0 Å². The van der Waals surface area contributed by atoms with E-state index < -0.39 is 17.9 Å². The van der Waals surface area contributed by atoms with Gasteiger partial charge in [-0.05, 0) is 6.92 Å². The Morgan fingerprint density at radius 2 is 0.737 bits per heavy atom. The fraction of sp³-hybridized carbons (Fsp3) is 0.727. The summed E-state index contributed by atoms with van der Waals surface area (Å²) in [4.78, 5) is 28.1. The second kappa shape index (κ2) is 30.4. The number of aliphatic hydroxyl groups excluding tert-OH is 1. The van der Waals surface area contributed by atoms with Crippen molar-refractivity contribution < 1.29 is 61.0 Å². The molecule has 0 unspecified atom stereocenters. The van der Waals surface area contributed by atoms with Crippen molar-refractivity contribution in [3.8, 4) is 0 Å². The molecule has 114 valence electrons. The maximum absolute atomic E-state index is 9.37. The van der Waals surface area contributed by atoms with Gasteiger partial charge in [0.25, 0.3) is 0 Å². The van der Waals surface area contributed by atoms with E-state index in [9.17, 15) is 14.4 Å². The summed E-state index contributed by atoms with van der Waals surface area (Å²) in [5.74, 6) is -2.24. The molecule has 0 fully saturated rings. The minimum Gasteiger partial charge on any atom is -0.481 e. The van der Waals surface area contributed by atoms with Crippen LogP contribution in [0.4, 0.5) is 0 Å². The van der Waals surface area contributed by atoms with Crippen LogP contribution >= 0.6 is 0 Å². The zero-order chi connectivity index (χ0) is 15.6. The quantitative estimate of drug-likeness (QED) is 0.599. The number of rotatable bonds is 3. The topological polar surface area (TPSA) is 132 Å². The third-order valence-corrected chi connectivity index (χ3v) is 0.907. The van der Waals surface area contributed by atoms with Gasteiger partial charge in [-0.2, -0.15) is 0 Å². The largest absolute Gasteiger partial charge is 0.481 e. The summed E-state index contributed by atoms with van der Waals surface area (Å²) in [5.41, 5.74) is 0. The molecule has 0 aliphatic rings. The van der Waals surface area contributed by atoms with Crippen LogP contribution in [0.2, 0.25) is 0 Å². The SMILES string of the molecule is CCC(=O)O.CCC(=O)O.CCC(=O)O.CCO.[Zr]. The first-order valence-corrected chi connectivity index (χ1v) is 5.49. The molecule has 7 nitrogen and oxygen atoms in total. The molecular weight excluding hydrogens is 335 g/mol. The van der Waals surface area contributed by atoms with E-state index in [2.05, 4.69) is 0 Å². The third-order valence-electron chi connectivity index (χ3n) is 0.907. The van der Waals surface area contributed by atoms with E-state index in [1.807, 2.05) is 0 Å². The standard InChI is InChI=1S/3C3H6O2.C2H6O.Zr/c3*1-2-3(4)5;1-2-3;/h3*2H2,1H3,(H,4,5);3H,2H2,1H3;. The zero-order valence-electron chi connectivity index (χ0n) is 11.8. The number of hydrogen-bond donors (Lipinski definition) is 4. The number of carboxylic acids is 3. The van der Waals surface area contributed by atoms with E-state index in [4.69, 9.17) is 20.4 Å². The van der Waals surface area contributed by atoms with Crippen molar-refractivity contribution in [3.05, 3.63) is 0 Å². The van der Waals surface area contributed by atoms with E-state index >= 15 is 0 Å². The molecule has 0 rings (SSSR count). The zero-order valence-corrected chi connectivity index (χ0v) is 14.3. The molecule has 0 amide bonds. The Kier molecular flexibility index (Phi) is 49.4. The van der Waals surface area contributed by atoms with Crippen molar-refractivity contribution >= 4 is 17.9 Å². The van der Waals surface area contributed by atoms with Gasteiger partial charge in [0.15, 0.2) is 0 Å². The molecule has 0 aromatic rings. The maximum Gasteiger partial charge on any atom is 0.303 e. The Morgan fingerprint density at radius 3 is 0.737 bits per heavy atom. The van der Waals surface area contributed by atoms with Crippen LogP contribution < -0.4 is 0 Å². The van der Waals surface area contributed by atoms with Crippen LogP contribution in [0.3, 0.4) is 0 Å². The maximum atomic E-state index is 9.37. The predicted molar refractivity (Wildman–Crippen MR) is 66.5 cm³/mol. The van der Waals surface area contributed by atoms with Crippen LogP contribution in [0.5, 0.6) is 0 Å². The first-order valence-electron chi connectivity index (χ1n) is 5.49. The molecule has 0 heterocycles. The summed E-state index contributed by atoms with van der Waals surface area (Å²) in [6.07, 6.45) is 0.667. The number of aliphatic hydroxyl groups is 1. The molecule has 0 aromatic heterocycles. The van der Waals surface area contributed by atoms with Crippen LogP contribution in [0.1, 0.15) is 47.0 Å². The van der Waals surface area contributed by atoms with E-state index in [1.165, 1.54) is 0 Å². The van der Waals surface area contributed by atoms with E-state index in [0.717, 1.165) is 0 Å². The van der Waals surface area contributed by atoms with Gasteiger partial charge in [0.05, 0.1) is 0 Å². The van der Waals surface area contributed by atoms with Gasteiger partial charge < -0.3 is 20.4 Å². The average Bonchev–Trinajstić information content (AvgIpc) is 2.31. The molecule has 0 aliphatic carbocycles. The Bertz CT molecular complexity index is 174. The van der Waals surface area contributed by atoms with Gasteiger partial charge in [0, 0.05) is 52.1 Å². The Morgan fingerprint density at radius 1 is 0.684 bits per heavy atom. The molecular formula is C11H24O7Zr. The van der Waals surface area contributed by atoms with Gasteiger partial charge >= 0.3 is 17.9 Å². The molecule has 0 radical (unpaired) electrons. The van der Waals surface area contributed by atoms with E-state index in [-0.39, 0.29) is 52.1 Å². The van der Waals surface area contributed by atoms with Gasteiger partial charge in [-0.3, -0.25) is 14.4 Å². The predicted octanol–water partition coefficient (Wildman–Crippen LogP) is 1.44. The summed E-state index contributed by atoms with van der Waals surface area (Å²) in [6.45, 7) is 6.73. The summed E-state index contributed by atoms with van der Waals surface area (Å²) >= 11 is 0. The Hall–Kier alpha value is -0.747. The van der Waals surface area contributed by atoms with Crippen LogP contribution in [0.25, 0.3) is 0 Å². The van der Waals surface area contributed by atoms with Crippen LogP contribution in [-0.4, -0.2) is 44.9 Å². The van der Waals surface area contributed by atoms with E-state index in [0.29, 0.717) is 0 Å². The average molecular weight is 360 g/mol. The number of carboxylic acid groups (broad SMARTS) is 3. The van der Waals surface area contributed by atoms with Crippen LogP contribution in [0, 0.1) is 0 Å². The van der Waals surface area contributed by atoms with Crippen molar-refractivity contribution in [1.82, 2.24) is 0 Å². The van der Waals surface area contributed by atoms with Crippen LogP contribution in [-0.2, 0) is 40.6 Å². The summed E-state index contributed by atoms with van der Waals surface area (Å²) in [6, 6.07) is 0. The van der Waals surface area contributed by atoms with Crippen LogP contribution in [0.15, 0.2) is 0 Å². The summed E-state index contributed by atoms with van der Waals surface area (Å²) < 4.78 is 0. The molecule has 4 N–H and O–H groups in total. The fourth-order valence-electron chi connectivity index (χ4n) is 0. The molecule has 0 atom stereocenters. The molecule has 0 aliphatic heterocycles. The monoisotopic (exact) mass is 358 g/mol. The van der Waals surface area contributed by atoms with Gasteiger partial charge in [-0.25, -0.2) is 0 Å². The van der Waals surface area contributed by atoms with Crippen molar-refractivity contribution in [3.63, 3.8) is 0 Å². The second-order valence-corrected chi connectivity index (χ2v) is 2.56. The first kappa shape index (κ1) is 30.9. The number of aliphatic carboxylic acids is 3. The Labute approximate surface area is 132 Å². The smallest absolute Gasteiger partial charge is 0.303 e. The Balaban J connectivity index is -0.0000000458.